The molecule has 0 aromatic rings. The van der Waals surface area contributed by atoms with Gasteiger partial charge in [-0.2, -0.15) is 0 Å². The highest BCUT2D eigenvalue weighted by Gasteiger charge is 2.26. The van der Waals surface area contributed by atoms with Gasteiger partial charge in [-0.1, -0.05) is 0 Å². The number of hydrogen-bond acceptors (Lipinski definition) is 7. The lowest BCUT2D eigenvalue weighted by molar-refractivity contribution is -0.178. The predicted molar refractivity (Wildman–Crippen MR) is 54.8 cm³/mol. The Hall–Kier alpha value is -1.63. The van der Waals surface area contributed by atoms with Gasteiger partial charge in [0, 0.05) is 0 Å². The van der Waals surface area contributed by atoms with Crippen molar-refractivity contribution in [2.24, 2.45) is 0 Å². The van der Waals surface area contributed by atoms with E-state index in [2.05, 4.69) is 14.2 Å². The number of esters is 3. The molecule has 0 aliphatic carbocycles. The van der Waals surface area contributed by atoms with Crippen LogP contribution in [0.2, 0.25) is 0 Å². The highest BCUT2D eigenvalue weighted by atomic mass is 16.6. The molecule has 0 aliphatic heterocycles. The Morgan fingerprint density at radius 1 is 0.882 bits per heavy atom. The number of carbonyl (C=O) groups excluding carboxylic acids is 3. The topological polar surface area (TPSA) is 99.1 Å². The lowest BCUT2D eigenvalue weighted by Crippen LogP contribution is -2.34. The fourth-order valence-corrected chi connectivity index (χ4v) is 0.805. The SMILES string of the molecule is COC(=O)C(C)OC(=O)C(C)OC(=O)C(C)O. The van der Waals surface area contributed by atoms with E-state index in [4.69, 9.17) is 5.11 Å². The molecule has 0 radical (unpaired) electrons. The highest BCUT2D eigenvalue weighted by Crippen LogP contribution is 2.02. The molecule has 3 unspecified atom stereocenters. The summed E-state index contributed by atoms with van der Waals surface area (Å²) in [7, 11) is 1.16. The summed E-state index contributed by atoms with van der Waals surface area (Å²) in [5.74, 6) is -2.55. The fraction of sp³-hybridized carbons (Fsp3) is 0.700. The summed E-state index contributed by atoms with van der Waals surface area (Å²) >= 11 is 0. The van der Waals surface area contributed by atoms with E-state index in [0.717, 1.165) is 7.11 Å². The second kappa shape index (κ2) is 6.85. The molecule has 98 valence electrons. The first-order chi connectivity index (χ1) is 7.79. The maximum absolute atomic E-state index is 11.3. The second-order valence-electron chi connectivity index (χ2n) is 3.36. The quantitative estimate of drug-likeness (QED) is 0.512. The van der Waals surface area contributed by atoms with Crippen molar-refractivity contribution in [3.8, 4) is 0 Å². The standard InChI is InChI=1S/C10H16O7/c1-5(11)8(12)16-7(3)10(14)17-6(2)9(13)15-4/h5-7,11H,1-4H3. The zero-order chi connectivity index (χ0) is 13.6. The number of rotatable bonds is 5. The fourth-order valence-electron chi connectivity index (χ4n) is 0.805. The van der Waals surface area contributed by atoms with E-state index in [1.54, 1.807) is 0 Å². The molecule has 1 N–H and O–H groups in total. The first kappa shape index (κ1) is 15.4. The number of methoxy groups -OCH3 is 1. The van der Waals surface area contributed by atoms with Crippen LogP contribution in [0, 0.1) is 0 Å². The van der Waals surface area contributed by atoms with E-state index >= 15 is 0 Å². The number of hydrogen-bond donors (Lipinski definition) is 1. The molecule has 0 heterocycles. The van der Waals surface area contributed by atoms with Gasteiger partial charge in [0.25, 0.3) is 0 Å². The molecule has 0 spiro atoms. The van der Waals surface area contributed by atoms with Gasteiger partial charge in [0.05, 0.1) is 7.11 Å². The molecule has 0 fully saturated rings. The third-order valence-electron chi connectivity index (χ3n) is 1.79. The number of ether oxygens (including phenoxy) is 3. The van der Waals surface area contributed by atoms with Crippen molar-refractivity contribution >= 4 is 17.9 Å². The Morgan fingerprint density at radius 2 is 1.29 bits per heavy atom. The van der Waals surface area contributed by atoms with E-state index in [1.807, 2.05) is 0 Å². The van der Waals surface area contributed by atoms with Crippen molar-refractivity contribution in [1.82, 2.24) is 0 Å². The second-order valence-corrected chi connectivity index (χ2v) is 3.36. The van der Waals surface area contributed by atoms with E-state index in [0.29, 0.717) is 0 Å². The third-order valence-corrected chi connectivity index (χ3v) is 1.79. The van der Waals surface area contributed by atoms with Gasteiger partial charge in [-0.05, 0) is 20.8 Å². The lowest BCUT2D eigenvalue weighted by atomic mass is 10.3. The normalized spacial score (nSPS) is 15.4. The Balaban J connectivity index is 4.23. The van der Waals surface area contributed by atoms with Crippen LogP contribution in [0.25, 0.3) is 0 Å². The van der Waals surface area contributed by atoms with Crippen molar-refractivity contribution < 1.29 is 33.7 Å². The lowest BCUT2D eigenvalue weighted by Gasteiger charge is -2.16. The number of aliphatic hydroxyl groups is 1. The van der Waals surface area contributed by atoms with Crippen molar-refractivity contribution in [3.63, 3.8) is 0 Å². The van der Waals surface area contributed by atoms with Crippen LogP contribution in [0.3, 0.4) is 0 Å². The Morgan fingerprint density at radius 3 is 1.71 bits per heavy atom. The minimum Gasteiger partial charge on any atom is -0.466 e. The van der Waals surface area contributed by atoms with E-state index in [9.17, 15) is 14.4 Å². The van der Waals surface area contributed by atoms with Crippen LogP contribution in [0.15, 0.2) is 0 Å². The predicted octanol–water partition coefficient (Wildman–Crippen LogP) is -0.596. The largest absolute Gasteiger partial charge is 0.466 e. The Bertz CT molecular complexity index is 297. The molecule has 0 saturated carbocycles. The molecule has 7 heteroatoms. The summed E-state index contributed by atoms with van der Waals surface area (Å²) in [6.45, 7) is 3.80. The molecular weight excluding hydrogens is 232 g/mol. The third kappa shape index (κ3) is 5.30. The van der Waals surface area contributed by atoms with Gasteiger partial charge in [0.1, 0.15) is 6.10 Å². The molecule has 0 bridgehead atoms. The molecule has 0 aliphatic rings. The van der Waals surface area contributed by atoms with Gasteiger partial charge in [0.15, 0.2) is 12.2 Å². The van der Waals surface area contributed by atoms with Gasteiger partial charge >= 0.3 is 17.9 Å². The summed E-state index contributed by atoms with van der Waals surface area (Å²) in [6, 6.07) is 0. The molecule has 7 nitrogen and oxygen atoms in total. The van der Waals surface area contributed by atoms with Crippen LogP contribution in [-0.2, 0) is 28.6 Å². The summed E-state index contributed by atoms with van der Waals surface area (Å²) in [5.41, 5.74) is 0. The van der Waals surface area contributed by atoms with E-state index in [-0.39, 0.29) is 0 Å². The van der Waals surface area contributed by atoms with Crippen LogP contribution in [-0.4, -0.2) is 48.4 Å². The van der Waals surface area contributed by atoms with Gasteiger partial charge < -0.3 is 19.3 Å². The Labute approximate surface area is 98.6 Å². The van der Waals surface area contributed by atoms with Gasteiger partial charge in [-0.3, -0.25) is 0 Å². The van der Waals surface area contributed by atoms with Crippen molar-refractivity contribution in [1.29, 1.82) is 0 Å². The zero-order valence-electron chi connectivity index (χ0n) is 10.1. The Kier molecular flexibility index (Phi) is 6.19. The van der Waals surface area contributed by atoms with Gasteiger partial charge in [0.2, 0.25) is 0 Å². The smallest absolute Gasteiger partial charge is 0.347 e. The van der Waals surface area contributed by atoms with Crippen LogP contribution < -0.4 is 0 Å². The summed E-state index contributed by atoms with van der Waals surface area (Å²) in [5, 5.41) is 8.86. The molecule has 17 heavy (non-hydrogen) atoms. The van der Waals surface area contributed by atoms with Crippen LogP contribution in [0.1, 0.15) is 20.8 Å². The molecular formula is C10H16O7. The minimum absolute atomic E-state index is 0.715. The molecule has 0 saturated heterocycles. The van der Waals surface area contributed by atoms with E-state index < -0.39 is 36.2 Å². The molecule has 0 aromatic heterocycles. The monoisotopic (exact) mass is 248 g/mol. The number of aliphatic hydroxyl groups excluding tert-OH is 1. The summed E-state index contributed by atoms with van der Waals surface area (Å²) in [4.78, 5) is 33.3. The van der Waals surface area contributed by atoms with Crippen LogP contribution >= 0.6 is 0 Å². The molecule has 3 atom stereocenters. The average Bonchev–Trinajstić information content (AvgIpc) is 2.27. The first-order valence-electron chi connectivity index (χ1n) is 4.96. The highest BCUT2D eigenvalue weighted by molar-refractivity contribution is 5.83. The average molecular weight is 248 g/mol. The van der Waals surface area contributed by atoms with Crippen molar-refractivity contribution in [2.45, 2.75) is 39.1 Å². The van der Waals surface area contributed by atoms with Crippen molar-refractivity contribution in [2.75, 3.05) is 7.11 Å². The zero-order valence-corrected chi connectivity index (χ0v) is 10.1. The minimum atomic E-state index is -1.33. The summed E-state index contributed by atoms with van der Waals surface area (Å²) in [6.07, 6.45) is -3.62. The number of carbonyl (C=O) groups is 3. The maximum atomic E-state index is 11.3. The molecule has 0 amide bonds. The molecule has 0 rings (SSSR count). The first-order valence-corrected chi connectivity index (χ1v) is 4.96. The van der Waals surface area contributed by atoms with E-state index in [1.165, 1.54) is 20.8 Å². The molecule has 0 aromatic carbocycles. The van der Waals surface area contributed by atoms with Gasteiger partial charge in [-0.25, -0.2) is 14.4 Å². The van der Waals surface area contributed by atoms with Crippen molar-refractivity contribution in [3.05, 3.63) is 0 Å². The van der Waals surface area contributed by atoms with Crippen LogP contribution in [0.4, 0.5) is 0 Å². The maximum Gasteiger partial charge on any atom is 0.347 e. The van der Waals surface area contributed by atoms with Gasteiger partial charge in [-0.15, -0.1) is 0 Å². The van der Waals surface area contributed by atoms with Crippen LogP contribution in [0.5, 0.6) is 0 Å². The summed E-state index contributed by atoms with van der Waals surface area (Å²) < 4.78 is 13.6.